The van der Waals surface area contributed by atoms with Crippen LogP contribution in [0.4, 0.5) is 10.7 Å². The number of methoxy groups -OCH3 is 1. The lowest BCUT2D eigenvalue weighted by Gasteiger charge is -2.09. The van der Waals surface area contributed by atoms with Crippen LogP contribution in [0.5, 0.6) is 5.75 Å². The third-order valence-corrected chi connectivity index (χ3v) is 4.99. The molecular weight excluding hydrogens is 312 g/mol. The molecule has 1 heterocycles. The number of thiophene rings is 1. The van der Waals surface area contributed by atoms with Gasteiger partial charge < -0.3 is 15.4 Å². The molecule has 1 aromatic carbocycles. The SMILES string of the molecule is COc1ccc(NC(=O)c2c(NC(C)=O)sc3c2CCC3)cc1. The molecule has 1 aromatic heterocycles. The number of fused-ring (bicyclic) bond motifs is 1. The van der Waals surface area contributed by atoms with Crippen molar-refractivity contribution in [2.75, 3.05) is 17.7 Å². The van der Waals surface area contributed by atoms with E-state index in [0.717, 1.165) is 30.6 Å². The van der Waals surface area contributed by atoms with Gasteiger partial charge in [0, 0.05) is 17.5 Å². The van der Waals surface area contributed by atoms with E-state index in [2.05, 4.69) is 10.6 Å². The Labute approximate surface area is 138 Å². The molecule has 0 radical (unpaired) electrons. The quantitative estimate of drug-likeness (QED) is 0.902. The van der Waals surface area contributed by atoms with Crippen LogP contribution < -0.4 is 15.4 Å². The van der Waals surface area contributed by atoms with Gasteiger partial charge in [-0.2, -0.15) is 0 Å². The molecule has 120 valence electrons. The van der Waals surface area contributed by atoms with Crippen LogP contribution in [0.3, 0.4) is 0 Å². The van der Waals surface area contributed by atoms with Gasteiger partial charge in [0.1, 0.15) is 10.8 Å². The predicted octanol–water partition coefficient (Wildman–Crippen LogP) is 3.46. The summed E-state index contributed by atoms with van der Waals surface area (Å²) >= 11 is 1.51. The number of rotatable bonds is 4. The second kappa shape index (κ2) is 6.42. The number of carbonyl (C=O) groups excluding carboxylic acids is 2. The maximum absolute atomic E-state index is 12.7. The minimum absolute atomic E-state index is 0.163. The Hall–Kier alpha value is -2.34. The lowest BCUT2D eigenvalue weighted by atomic mass is 10.1. The fraction of sp³-hybridized carbons (Fsp3) is 0.294. The van der Waals surface area contributed by atoms with Crippen LogP contribution in [0.25, 0.3) is 0 Å². The first kappa shape index (κ1) is 15.6. The Balaban J connectivity index is 1.87. The Bertz CT molecular complexity index is 750. The average molecular weight is 330 g/mol. The second-order valence-corrected chi connectivity index (χ2v) is 6.53. The lowest BCUT2D eigenvalue weighted by Crippen LogP contribution is -2.16. The highest BCUT2D eigenvalue weighted by molar-refractivity contribution is 7.17. The topological polar surface area (TPSA) is 67.4 Å². The van der Waals surface area contributed by atoms with Gasteiger partial charge in [-0.1, -0.05) is 0 Å². The molecule has 0 atom stereocenters. The van der Waals surface area contributed by atoms with E-state index in [4.69, 9.17) is 4.74 Å². The van der Waals surface area contributed by atoms with E-state index in [9.17, 15) is 9.59 Å². The standard InChI is InChI=1S/C17H18N2O3S/c1-10(20)18-17-15(13-4-3-5-14(13)23-17)16(21)19-11-6-8-12(22-2)9-7-11/h6-9H,3-5H2,1-2H3,(H,18,20)(H,19,21). The minimum atomic E-state index is -0.182. The molecule has 2 aromatic rings. The fourth-order valence-corrected chi connectivity index (χ4v) is 4.09. The molecule has 0 unspecified atom stereocenters. The zero-order chi connectivity index (χ0) is 16.4. The second-order valence-electron chi connectivity index (χ2n) is 5.43. The summed E-state index contributed by atoms with van der Waals surface area (Å²) in [6, 6.07) is 7.17. The van der Waals surface area contributed by atoms with E-state index >= 15 is 0 Å². The first-order chi connectivity index (χ1) is 11.1. The van der Waals surface area contributed by atoms with E-state index in [-0.39, 0.29) is 11.8 Å². The first-order valence-corrected chi connectivity index (χ1v) is 8.27. The van der Waals surface area contributed by atoms with Crippen molar-refractivity contribution in [1.29, 1.82) is 0 Å². The summed E-state index contributed by atoms with van der Waals surface area (Å²) in [7, 11) is 1.60. The number of aryl methyl sites for hydroxylation is 1. The van der Waals surface area contributed by atoms with Crippen LogP contribution in [0.15, 0.2) is 24.3 Å². The zero-order valence-corrected chi connectivity index (χ0v) is 13.9. The highest BCUT2D eigenvalue weighted by Gasteiger charge is 2.27. The monoisotopic (exact) mass is 330 g/mol. The molecule has 1 aliphatic rings. The van der Waals surface area contributed by atoms with Gasteiger partial charge in [0.25, 0.3) is 5.91 Å². The Morgan fingerprint density at radius 2 is 1.87 bits per heavy atom. The minimum Gasteiger partial charge on any atom is -0.497 e. The van der Waals surface area contributed by atoms with Crippen LogP contribution in [-0.4, -0.2) is 18.9 Å². The molecule has 5 nitrogen and oxygen atoms in total. The number of amides is 2. The van der Waals surface area contributed by atoms with Gasteiger partial charge in [-0.05, 0) is 49.1 Å². The normalized spacial score (nSPS) is 12.6. The van der Waals surface area contributed by atoms with E-state index in [1.807, 2.05) is 0 Å². The van der Waals surface area contributed by atoms with Crippen LogP contribution in [0, 0.1) is 0 Å². The summed E-state index contributed by atoms with van der Waals surface area (Å²) < 4.78 is 5.11. The van der Waals surface area contributed by atoms with Gasteiger partial charge in [0.2, 0.25) is 5.91 Å². The summed E-state index contributed by atoms with van der Waals surface area (Å²) in [6.45, 7) is 1.45. The summed E-state index contributed by atoms with van der Waals surface area (Å²) in [5.74, 6) is 0.389. The van der Waals surface area contributed by atoms with Gasteiger partial charge in [-0.15, -0.1) is 11.3 Å². The van der Waals surface area contributed by atoms with Crippen LogP contribution >= 0.6 is 11.3 Å². The maximum atomic E-state index is 12.7. The van der Waals surface area contributed by atoms with Crippen molar-refractivity contribution < 1.29 is 14.3 Å². The Kier molecular flexibility index (Phi) is 4.34. The van der Waals surface area contributed by atoms with Gasteiger partial charge in [-0.25, -0.2) is 0 Å². The number of anilines is 2. The van der Waals surface area contributed by atoms with E-state index < -0.39 is 0 Å². The number of hydrogen-bond acceptors (Lipinski definition) is 4. The van der Waals surface area contributed by atoms with Crippen molar-refractivity contribution in [2.45, 2.75) is 26.2 Å². The summed E-state index contributed by atoms with van der Waals surface area (Å²) in [6.07, 6.45) is 2.92. The lowest BCUT2D eigenvalue weighted by molar-refractivity contribution is -0.114. The number of nitrogens with one attached hydrogen (secondary N) is 2. The molecule has 0 bridgehead atoms. The van der Waals surface area contributed by atoms with Crippen molar-refractivity contribution in [3.05, 3.63) is 40.3 Å². The number of hydrogen-bond donors (Lipinski definition) is 2. The van der Waals surface area contributed by atoms with E-state index in [1.54, 1.807) is 31.4 Å². The van der Waals surface area contributed by atoms with Crippen molar-refractivity contribution in [3.8, 4) is 5.75 Å². The summed E-state index contributed by atoms with van der Waals surface area (Å²) in [5.41, 5.74) is 2.38. The van der Waals surface area contributed by atoms with Gasteiger partial charge in [0.15, 0.2) is 0 Å². The van der Waals surface area contributed by atoms with Crippen molar-refractivity contribution in [3.63, 3.8) is 0 Å². The summed E-state index contributed by atoms with van der Waals surface area (Å²) in [5, 5.41) is 6.33. The van der Waals surface area contributed by atoms with Crippen molar-refractivity contribution in [1.82, 2.24) is 0 Å². The maximum Gasteiger partial charge on any atom is 0.258 e. The average Bonchev–Trinajstić information content (AvgIpc) is 3.07. The highest BCUT2D eigenvalue weighted by Crippen LogP contribution is 2.39. The largest absolute Gasteiger partial charge is 0.497 e. The molecule has 2 amide bonds. The van der Waals surface area contributed by atoms with Gasteiger partial charge in [-0.3, -0.25) is 9.59 Å². The molecule has 0 saturated carbocycles. The van der Waals surface area contributed by atoms with E-state index in [0.29, 0.717) is 16.3 Å². The van der Waals surface area contributed by atoms with Crippen LogP contribution in [-0.2, 0) is 17.6 Å². The molecule has 3 rings (SSSR count). The smallest absolute Gasteiger partial charge is 0.258 e. The van der Waals surface area contributed by atoms with Crippen LogP contribution in [0.2, 0.25) is 0 Å². The Morgan fingerprint density at radius 1 is 1.13 bits per heavy atom. The van der Waals surface area contributed by atoms with Gasteiger partial charge in [0.05, 0.1) is 12.7 Å². The summed E-state index contributed by atoms with van der Waals surface area (Å²) in [4.78, 5) is 25.3. The number of carbonyl (C=O) groups is 2. The molecule has 2 N–H and O–H groups in total. The Morgan fingerprint density at radius 3 is 2.52 bits per heavy atom. The molecule has 1 aliphatic carbocycles. The van der Waals surface area contributed by atoms with Crippen molar-refractivity contribution in [2.24, 2.45) is 0 Å². The zero-order valence-electron chi connectivity index (χ0n) is 13.1. The molecule has 0 aliphatic heterocycles. The molecule has 0 saturated heterocycles. The first-order valence-electron chi connectivity index (χ1n) is 7.46. The predicted molar refractivity (Wildman–Crippen MR) is 91.6 cm³/mol. The molecule has 0 fully saturated rings. The molecule has 23 heavy (non-hydrogen) atoms. The number of ether oxygens (including phenoxy) is 1. The third-order valence-electron chi connectivity index (χ3n) is 3.79. The van der Waals surface area contributed by atoms with Crippen LogP contribution in [0.1, 0.15) is 34.1 Å². The van der Waals surface area contributed by atoms with Crippen molar-refractivity contribution >= 4 is 33.8 Å². The third kappa shape index (κ3) is 3.22. The fourth-order valence-electron chi connectivity index (χ4n) is 2.76. The highest BCUT2D eigenvalue weighted by atomic mass is 32.1. The molecule has 6 heteroatoms. The molecular formula is C17H18N2O3S. The molecule has 0 spiro atoms. The van der Waals surface area contributed by atoms with Gasteiger partial charge >= 0.3 is 0 Å². The van der Waals surface area contributed by atoms with E-state index in [1.165, 1.54) is 23.1 Å². The number of benzene rings is 1.